The molecule has 1 aromatic carbocycles. The number of aliphatic hydroxyl groups is 1. The van der Waals surface area contributed by atoms with Crippen LogP contribution >= 0.6 is 0 Å². The van der Waals surface area contributed by atoms with Crippen molar-refractivity contribution in [1.29, 1.82) is 0 Å². The highest BCUT2D eigenvalue weighted by molar-refractivity contribution is 5.93. The standard InChI is InChI=1S/C34H44N2O8/c1-32(2)15-22-21(7-8-25-33(3,43-25)10-9-23(22)32)14-19-5-4-6-20(13-19)17-36-28-30(38)42-24-16-34(28,31(39)35-11-12-37)29(44-36)27-26(24)40-18-41-27/h4-6,13-14,22-29,37H,7-12,15-18H2,1-3H3,(H,35,39). The van der Waals surface area contributed by atoms with E-state index < -0.39 is 41.8 Å². The lowest BCUT2D eigenvalue weighted by Gasteiger charge is -2.53. The van der Waals surface area contributed by atoms with E-state index in [9.17, 15) is 14.7 Å². The van der Waals surface area contributed by atoms with Crippen LogP contribution in [0.2, 0.25) is 0 Å². The van der Waals surface area contributed by atoms with Crippen LogP contribution < -0.4 is 5.32 Å². The third-order valence-corrected chi connectivity index (χ3v) is 11.9. The van der Waals surface area contributed by atoms with Crippen molar-refractivity contribution in [2.75, 3.05) is 19.9 Å². The summed E-state index contributed by atoms with van der Waals surface area (Å²) in [5, 5.41) is 13.8. The summed E-state index contributed by atoms with van der Waals surface area (Å²) < 4.78 is 23.7. The average molecular weight is 609 g/mol. The first-order valence-corrected chi connectivity index (χ1v) is 16.4. The molecular formula is C34H44N2O8. The van der Waals surface area contributed by atoms with Crippen molar-refractivity contribution >= 4 is 18.0 Å². The van der Waals surface area contributed by atoms with E-state index in [2.05, 4.69) is 44.3 Å². The Morgan fingerprint density at radius 1 is 1.16 bits per heavy atom. The summed E-state index contributed by atoms with van der Waals surface area (Å²) in [6.07, 6.45) is 6.38. The molecule has 1 aromatic rings. The van der Waals surface area contributed by atoms with Gasteiger partial charge in [-0.05, 0) is 67.4 Å². The lowest BCUT2D eigenvalue weighted by Crippen LogP contribution is -2.69. The van der Waals surface area contributed by atoms with E-state index in [4.69, 9.17) is 23.8 Å². The predicted molar refractivity (Wildman–Crippen MR) is 157 cm³/mol. The normalized spacial score (nSPS) is 44.3. The van der Waals surface area contributed by atoms with Crippen LogP contribution in [0.4, 0.5) is 0 Å². The van der Waals surface area contributed by atoms with E-state index >= 15 is 0 Å². The lowest BCUT2D eigenvalue weighted by atomic mass is 9.52. The fourth-order valence-corrected chi connectivity index (χ4v) is 9.55. The minimum atomic E-state index is -1.20. The summed E-state index contributed by atoms with van der Waals surface area (Å²) >= 11 is 0. The van der Waals surface area contributed by atoms with Gasteiger partial charge in [-0.25, -0.2) is 0 Å². The Balaban J connectivity index is 1.07. The first kappa shape index (κ1) is 29.1. The summed E-state index contributed by atoms with van der Waals surface area (Å²) in [5.41, 5.74) is 2.82. The Morgan fingerprint density at radius 3 is 2.82 bits per heavy atom. The van der Waals surface area contributed by atoms with Gasteiger partial charge in [0.2, 0.25) is 5.91 Å². The number of nitrogens with one attached hydrogen (secondary N) is 1. The van der Waals surface area contributed by atoms with Crippen LogP contribution in [0.25, 0.3) is 6.08 Å². The number of benzene rings is 1. The predicted octanol–water partition coefficient (Wildman–Crippen LogP) is 3.11. The van der Waals surface area contributed by atoms with E-state index in [1.165, 1.54) is 18.4 Å². The van der Waals surface area contributed by atoms with Gasteiger partial charge in [0.1, 0.15) is 36.6 Å². The lowest BCUT2D eigenvalue weighted by molar-refractivity contribution is -0.201. The van der Waals surface area contributed by atoms with Gasteiger partial charge in [0.25, 0.3) is 0 Å². The minimum Gasteiger partial charge on any atom is -0.458 e. The number of epoxide rings is 1. The third-order valence-electron chi connectivity index (χ3n) is 11.9. The number of nitrogens with zero attached hydrogens (tertiary/aromatic N) is 1. The molecule has 0 aromatic heterocycles. The van der Waals surface area contributed by atoms with Crippen LogP contribution in [-0.2, 0) is 39.9 Å². The highest BCUT2D eigenvalue weighted by Crippen LogP contribution is 2.60. The Kier molecular flexibility index (Phi) is 6.83. The van der Waals surface area contributed by atoms with Gasteiger partial charge in [0.05, 0.1) is 24.9 Å². The smallest absolute Gasteiger partial charge is 0.327 e. The minimum absolute atomic E-state index is 0.0564. The van der Waals surface area contributed by atoms with Crippen LogP contribution in [0.15, 0.2) is 29.8 Å². The molecule has 10 heteroatoms. The van der Waals surface area contributed by atoms with Crippen LogP contribution in [-0.4, -0.2) is 84.2 Å². The topological polar surface area (TPSA) is 119 Å². The number of amides is 1. The summed E-state index contributed by atoms with van der Waals surface area (Å²) in [7, 11) is 0. The van der Waals surface area contributed by atoms with Gasteiger partial charge in [-0.2, -0.15) is 5.06 Å². The summed E-state index contributed by atoms with van der Waals surface area (Å²) in [6, 6.07) is 7.45. The molecule has 1 amide bonds. The first-order valence-electron chi connectivity index (χ1n) is 16.4. The molecule has 4 heterocycles. The van der Waals surface area contributed by atoms with Gasteiger partial charge in [-0.15, -0.1) is 0 Å². The van der Waals surface area contributed by atoms with Crippen LogP contribution in [0.5, 0.6) is 0 Å². The van der Waals surface area contributed by atoms with E-state index in [0.29, 0.717) is 29.9 Å². The Bertz CT molecular complexity index is 1380. The molecule has 4 saturated heterocycles. The summed E-state index contributed by atoms with van der Waals surface area (Å²) in [5.74, 6) is 0.447. The number of allylic oxidation sites excluding steroid dienone is 1. The zero-order valence-electron chi connectivity index (χ0n) is 25.8. The van der Waals surface area contributed by atoms with Gasteiger partial charge in [-0.3, -0.25) is 14.4 Å². The second kappa shape index (κ2) is 10.3. The van der Waals surface area contributed by atoms with Gasteiger partial charge < -0.3 is 29.4 Å². The van der Waals surface area contributed by atoms with Gasteiger partial charge >= 0.3 is 5.97 Å². The number of ether oxygens (including phenoxy) is 4. The van der Waals surface area contributed by atoms with Crippen LogP contribution in [0, 0.1) is 22.7 Å². The number of carbonyl (C=O) groups excluding carboxylic acids is 2. The van der Waals surface area contributed by atoms with E-state index in [0.717, 1.165) is 30.4 Å². The second-order valence-electron chi connectivity index (χ2n) is 14.9. The third kappa shape index (κ3) is 4.43. The highest BCUT2D eigenvalue weighted by atomic mass is 16.8. The maximum atomic E-state index is 13.7. The van der Waals surface area contributed by atoms with Gasteiger partial charge in [0, 0.05) is 13.0 Å². The molecule has 2 N–H and O–H groups in total. The fourth-order valence-electron chi connectivity index (χ4n) is 9.55. The molecule has 2 bridgehead atoms. The molecule has 8 rings (SSSR count). The van der Waals surface area contributed by atoms with Crippen LogP contribution in [0.1, 0.15) is 70.4 Å². The maximum absolute atomic E-state index is 13.7. The molecule has 10 atom stereocenters. The monoisotopic (exact) mass is 608 g/mol. The zero-order chi connectivity index (χ0) is 30.4. The SMILES string of the molecule is CC1(C)CC2C(=Cc3cccc(CN4OC5C6OCOC6C6CC5(C(=O)NCCO)C4C(=O)O6)c3)CCC3OC3(C)CCC21. The largest absolute Gasteiger partial charge is 0.458 e. The molecule has 7 aliphatic rings. The zero-order valence-corrected chi connectivity index (χ0v) is 25.8. The first-order chi connectivity index (χ1) is 21.1. The van der Waals surface area contributed by atoms with Crippen molar-refractivity contribution in [2.24, 2.45) is 22.7 Å². The number of esters is 1. The molecule has 0 radical (unpaired) electrons. The highest BCUT2D eigenvalue weighted by Gasteiger charge is 2.74. The number of rotatable bonds is 6. The van der Waals surface area contributed by atoms with Crippen molar-refractivity contribution in [2.45, 2.75) is 108 Å². The van der Waals surface area contributed by atoms with Crippen molar-refractivity contribution in [3.05, 3.63) is 41.0 Å². The number of hydrogen-bond acceptors (Lipinski definition) is 9. The van der Waals surface area contributed by atoms with Crippen molar-refractivity contribution < 1.29 is 38.5 Å². The van der Waals surface area contributed by atoms with Crippen molar-refractivity contribution in [1.82, 2.24) is 10.4 Å². The Labute approximate surface area is 258 Å². The Hall–Kier alpha value is -2.34. The van der Waals surface area contributed by atoms with Crippen molar-refractivity contribution in [3.63, 3.8) is 0 Å². The van der Waals surface area contributed by atoms with Crippen molar-refractivity contribution in [3.8, 4) is 0 Å². The quantitative estimate of drug-likeness (QED) is 0.371. The molecule has 238 valence electrons. The van der Waals surface area contributed by atoms with Gasteiger partial charge in [0.15, 0.2) is 6.04 Å². The number of fused-ring (bicyclic) bond motifs is 6. The Morgan fingerprint density at radius 2 is 2.00 bits per heavy atom. The van der Waals surface area contributed by atoms with E-state index in [-0.39, 0.29) is 37.9 Å². The molecule has 0 spiro atoms. The number of carbonyl (C=O) groups is 2. The summed E-state index contributed by atoms with van der Waals surface area (Å²) in [6.45, 7) is 7.35. The molecular weight excluding hydrogens is 564 g/mol. The van der Waals surface area contributed by atoms with Crippen LogP contribution in [0.3, 0.4) is 0 Å². The second-order valence-corrected chi connectivity index (χ2v) is 14.9. The molecule has 3 aliphatic carbocycles. The number of hydrogen-bond donors (Lipinski definition) is 2. The molecule has 4 aliphatic heterocycles. The van der Waals surface area contributed by atoms with Gasteiger partial charge in [-0.1, -0.05) is 49.8 Å². The molecule has 10 unspecified atom stereocenters. The molecule has 10 nitrogen and oxygen atoms in total. The molecule has 7 fully saturated rings. The van der Waals surface area contributed by atoms with E-state index in [1.807, 2.05) is 12.1 Å². The summed E-state index contributed by atoms with van der Waals surface area (Å²) in [4.78, 5) is 33.8. The average Bonchev–Trinajstić information content (AvgIpc) is 3.29. The molecule has 3 saturated carbocycles. The fraction of sp³-hybridized carbons (Fsp3) is 0.706. The van der Waals surface area contributed by atoms with E-state index in [1.54, 1.807) is 5.06 Å². The number of hydroxylamine groups is 2. The maximum Gasteiger partial charge on any atom is 0.327 e. The molecule has 44 heavy (non-hydrogen) atoms. The number of aliphatic hydroxyl groups excluding tert-OH is 1.